The molecular weight excluding hydrogens is 273 g/mol. The van der Waals surface area contributed by atoms with Gasteiger partial charge < -0.3 is 5.32 Å². The van der Waals surface area contributed by atoms with Gasteiger partial charge in [0, 0.05) is 11.1 Å². The van der Waals surface area contributed by atoms with Gasteiger partial charge in [-0.15, -0.1) is 0 Å². The molecule has 1 saturated carbocycles. The van der Waals surface area contributed by atoms with Crippen molar-refractivity contribution in [1.29, 1.82) is 0 Å². The minimum Gasteiger partial charge on any atom is -0.317 e. The van der Waals surface area contributed by atoms with Crippen molar-refractivity contribution < 1.29 is 4.39 Å². The van der Waals surface area contributed by atoms with Crippen LogP contribution in [-0.4, -0.2) is 13.1 Å². The highest BCUT2D eigenvalue weighted by atomic mass is 35.5. The Morgan fingerprint density at radius 2 is 2.10 bits per heavy atom. The van der Waals surface area contributed by atoms with E-state index in [1.165, 1.54) is 25.3 Å². The Morgan fingerprint density at radius 3 is 2.75 bits per heavy atom. The van der Waals surface area contributed by atoms with Crippen LogP contribution < -0.4 is 5.32 Å². The molecule has 1 aromatic rings. The molecule has 112 valence electrons. The maximum Gasteiger partial charge on any atom is 0.123 e. The van der Waals surface area contributed by atoms with Crippen LogP contribution in [0, 0.1) is 23.6 Å². The monoisotopic (exact) mass is 297 g/mol. The number of rotatable bonds is 4. The highest BCUT2D eigenvalue weighted by molar-refractivity contribution is 6.31. The number of hydrogen-bond acceptors (Lipinski definition) is 1. The van der Waals surface area contributed by atoms with Gasteiger partial charge >= 0.3 is 0 Å². The fourth-order valence-corrected chi connectivity index (χ4v) is 3.69. The second-order valence-corrected chi connectivity index (χ2v) is 6.82. The molecule has 1 aliphatic rings. The normalized spacial score (nSPS) is 27.0. The average molecular weight is 298 g/mol. The SMILES string of the molecule is CNC1CCC(C(C)C)CC1Cc1cc(F)ccc1Cl. The molecule has 0 aliphatic heterocycles. The summed E-state index contributed by atoms with van der Waals surface area (Å²) in [5, 5.41) is 4.12. The Bertz CT molecular complexity index is 447. The van der Waals surface area contributed by atoms with E-state index >= 15 is 0 Å². The van der Waals surface area contributed by atoms with Gasteiger partial charge in [-0.25, -0.2) is 4.39 Å². The molecule has 0 amide bonds. The Kier molecular flexibility index (Phi) is 5.45. The molecule has 0 saturated heterocycles. The molecule has 1 aliphatic carbocycles. The van der Waals surface area contributed by atoms with E-state index in [0.717, 1.165) is 23.8 Å². The molecule has 0 bridgehead atoms. The standard InChI is InChI=1S/C17H25ClFN/c1-11(2)12-4-7-17(20-3)14(8-12)9-13-10-15(19)5-6-16(13)18/h5-6,10-12,14,17,20H,4,7-9H2,1-3H3. The summed E-state index contributed by atoms with van der Waals surface area (Å²) in [6, 6.07) is 5.21. The summed E-state index contributed by atoms with van der Waals surface area (Å²) in [6.45, 7) is 4.60. The van der Waals surface area contributed by atoms with Crippen molar-refractivity contribution in [3.05, 3.63) is 34.6 Å². The van der Waals surface area contributed by atoms with Crippen LogP contribution >= 0.6 is 11.6 Å². The zero-order chi connectivity index (χ0) is 14.7. The van der Waals surface area contributed by atoms with E-state index in [0.29, 0.717) is 17.0 Å². The van der Waals surface area contributed by atoms with Crippen LogP contribution in [0.25, 0.3) is 0 Å². The van der Waals surface area contributed by atoms with Gasteiger partial charge in [-0.1, -0.05) is 25.4 Å². The quantitative estimate of drug-likeness (QED) is 0.851. The zero-order valence-electron chi connectivity index (χ0n) is 12.6. The van der Waals surface area contributed by atoms with Gasteiger partial charge in [0.05, 0.1) is 0 Å². The van der Waals surface area contributed by atoms with Crippen molar-refractivity contribution in [2.24, 2.45) is 17.8 Å². The molecule has 3 atom stereocenters. The van der Waals surface area contributed by atoms with E-state index < -0.39 is 0 Å². The van der Waals surface area contributed by atoms with Crippen LogP contribution in [0.5, 0.6) is 0 Å². The predicted octanol–water partition coefficient (Wildman–Crippen LogP) is 4.68. The second kappa shape index (κ2) is 6.91. The summed E-state index contributed by atoms with van der Waals surface area (Å²) in [7, 11) is 2.03. The fraction of sp³-hybridized carbons (Fsp3) is 0.647. The van der Waals surface area contributed by atoms with Gasteiger partial charge in [-0.2, -0.15) is 0 Å². The first kappa shape index (κ1) is 15.8. The highest BCUT2D eigenvalue weighted by Gasteiger charge is 2.31. The van der Waals surface area contributed by atoms with E-state index in [1.807, 2.05) is 7.05 Å². The van der Waals surface area contributed by atoms with Crippen molar-refractivity contribution >= 4 is 11.6 Å². The van der Waals surface area contributed by atoms with Crippen molar-refractivity contribution in [2.75, 3.05) is 7.05 Å². The van der Waals surface area contributed by atoms with E-state index in [2.05, 4.69) is 19.2 Å². The van der Waals surface area contributed by atoms with E-state index in [-0.39, 0.29) is 5.82 Å². The van der Waals surface area contributed by atoms with Gasteiger partial charge in [0.15, 0.2) is 0 Å². The summed E-state index contributed by atoms with van der Waals surface area (Å²) in [4.78, 5) is 0. The molecule has 0 radical (unpaired) electrons. The molecule has 1 fully saturated rings. The van der Waals surface area contributed by atoms with Gasteiger partial charge in [0.1, 0.15) is 5.82 Å². The summed E-state index contributed by atoms with van der Waals surface area (Å²) in [6.07, 6.45) is 4.56. The molecule has 3 heteroatoms. The molecule has 1 nitrogen and oxygen atoms in total. The first-order valence-corrected chi connectivity index (χ1v) is 8.00. The molecular formula is C17H25ClFN. The largest absolute Gasteiger partial charge is 0.317 e. The number of nitrogens with one attached hydrogen (secondary N) is 1. The Morgan fingerprint density at radius 1 is 1.35 bits per heavy atom. The number of halogens is 2. The van der Waals surface area contributed by atoms with E-state index in [9.17, 15) is 4.39 Å². The second-order valence-electron chi connectivity index (χ2n) is 6.41. The van der Waals surface area contributed by atoms with Crippen molar-refractivity contribution in [1.82, 2.24) is 5.32 Å². The Hall–Kier alpha value is -0.600. The topological polar surface area (TPSA) is 12.0 Å². The third-order valence-corrected chi connectivity index (χ3v) is 5.20. The lowest BCUT2D eigenvalue weighted by Crippen LogP contribution is -2.40. The first-order valence-electron chi connectivity index (χ1n) is 7.62. The van der Waals surface area contributed by atoms with E-state index in [4.69, 9.17) is 11.6 Å². The van der Waals surface area contributed by atoms with Crippen LogP contribution in [0.15, 0.2) is 18.2 Å². The molecule has 0 spiro atoms. The molecule has 3 unspecified atom stereocenters. The molecule has 1 N–H and O–H groups in total. The van der Waals surface area contributed by atoms with Crippen molar-refractivity contribution in [3.8, 4) is 0 Å². The summed E-state index contributed by atoms with van der Waals surface area (Å²) in [5.74, 6) is 1.84. The zero-order valence-corrected chi connectivity index (χ0v) is 13.4. The molecule has 20 heavy (non-hydrogen) atoms. The lowest BCUT2D eigenvalue weighted by Gasteiger charge is -2.38. The highest BCUT2D eigenvalue weighted by Crippen LogP contribution is 2.36. The van der Waals surface area contributed by atoms with Gasteiger partial charge in [-0.05, 0) is 74.2 Å². The molecule has 0 aromatic heterocycles. The molecule has 2 rings (SSSR count). The maximum atomic E-state index is 13.4. The number of hydrogen-bond donors (Lipinski definition) is 1. The minimum atomic E-state index is -0.193. The van der Waals surface area contributed by atoms with Crippen LogP contribution in [-0.2, 0) is 6.42 Å². The third kappa shape index (κ3) is 3.73. The summed E-state index contributed by atoms with van der Waals surface area (Å²) >= 11 is 6.22. The molecule has 0 heterocycles. The third-order valence-electron chi connectivity index (χ3n) is 4.83. The Labute approximate surface area is 126 Å². The van der Waals surface area contributed by atoms with Gasteiger partial charge in [-0.3, -0.25) is 0 Å². The van der Waals surface area contributed by atoms with Crippen LogP contribution in [0.1, 0.15) is 38.7 Å². The lowest BCUT2D eigenvalue weighted by atomic mass is 9.72. The lowest BCUT2D eigenvalue weighted by molar-refractivity contribution is 0.172. The van der Waals surface area contributed by atoms with Gasteiger partial charge in [0.25, 0.3) is 0 Å². The average Bonchev–Trinajstić information content (AvgIpc) is 2.42. The van der Waals surface area contributed by atoms with E-state index in [1.54, 1.807) is 12.1 Å². The Balaban J connectivity index is 2.13. The molecule has 1 aromatic carbocycles. The number of benzene rings is 1. The van der Waals surface area contributed by atoms with Crippen molar-refractivity contribution in [2.45, 2.75) is 45.6 Å². The first-order chi connectivity index (χ1) is 9.51. The fourth-order valence-electron chi connectivity index (χ4n) is 3.49. The smallest absolute Gasteiger partial charge is 0.123 e. The van der Waals surface area contributed by atoms with Crippen LogP contribution in [0.2, 0.25) is 5.02 Å². The maximum absolute atomic E-state index is 13.4. The predicted molar refractivity (Wildman–Crippen MR) is 83.6 cm³/mol. The summed E-state index contributed by atoms with van der Waals surface area (Å²) < 4.78 is 13.4. The van der Waals surface area contributed by atoms with Crippen LogP contribution in [0.4, 0.5) is 4.39 Å². The van der Waals surface area contributed by atoms with Crippen LogP contribution in [0.3, 0.4) is 0 Å². The van der Waals surface area contributed by atoms with Gasteiger partial charge in [0.2, 0.25) is 0 Å². The summed E-state index contributed by atoms with van der Waals surface area (Å²) in [5.41, 5.74) is 0.946. The minimum absolute atomic E-state index is 0.193. The van der Waals surface area contributed by atoms with Crippen molar-refractivity contribution in [3.63, 3.8) is 0 Å².